The van der Waals surface area contributed by atoms with E-state index in [-0.39, 0.29) is 12.3 Å². The number of hydrogen-bond acceptors (Lipinski definition) is 3. The zero-order valence-electron chi connectivity index (χ0n) is 9.08. The molecule has 0 fully saturated rings. The lowest BCUT2D eigenvalue weighted by molar-refractivity contribution is -0.133. The normalized spacial score (nSPS) is 15.7. The van der Waals surface area contributed by atoms with Gasteiger partial charge in [-0.15, -0.1) is 0 Å². The highest BCUT2D eigenvalue weighted by Crippen LogP contribution is 1.99. The molecule has 2 N–H and O–H groups in total. The van der Waals surface area contributed by atoms with E-state index in [2.05, 4.69) is 6.92 Å². The van der Waals surface area contributed by atoms with E-state index in [1.807, 2.05) is 13.8 Å². The Morgan fingerprint density at radius 2 is 1.85 bits per heavy atom. The average Bonchev–Trinajstić information content (AvgIpc) is 2.09. The molecule has 13 heavy (non-hydrogen) atoms. The minimum absolute atomic E-state index is 0.0849. The van der Waals surface area contributed by atoms with Gasteiger partial charge in [-0.2, -0.15) is 0 Å². The van der Waals surface area contributed by atoms with Crippen molar-refractivity contribution in [2.24, 2.45) is 5.73 Å². The third-order valence-corrected chi connectivity index (χ3v) is 1.69. The van der Waals surface area contributed by atoms with Crippen LogP contribution in [0.3, 0.4) is 0 Å². The summed E-state index contributed by atoms with van der Waals surface area (Å²) < 4.78 is 10.8. The van der Waals surface area contributed by atoms with Crippen LogP contribution in [-0.4, -0.2) is 25.5 Å². The summed E-state index contributed by atoms with van der Waals surface area (Å²) in [6, 6.07) is 0.0849. The summed E-state index contributed by atoms with van der Waals surface area (Å²) in [6.45, 7) is 7.36. The van der Waals surface area contributed by atoms with Crippen molar-refractivity contribution < 1.29 is 9.47 Å². The highest BCUT2D eigenvalue weighted by molar-refractivity contribution is 4.49. The molecule has 0 bridgehead atoms. The number of hydrogen-bond donors (Lipinski definition) is 1. The first-order chi connectivity index (χ1) is 6.16. The number of rotatable bonds is 8. The monoisotopic (exact) mass is 189 g/mol. The molecule has 0 heterocycles. The molecule has 2 atom stereocenters. The van der Waals surface area contributed by atoms with Crippen LogP contribution in [0.2, 0.25) is 0 Å². The molecule has 3 nitrogen and oxygen atoms in total. The predicted molar refractivity (Wildman–Crippen MR) is 54.5 cm³/mol. The smallest absolute Gasteiger partial charge is 0.154 e. The quantitative estimate of drug-likeness (QED) is 0.468. The molecule has 0 aromatic heterocycles. The summed E-state index contributed by atoms with van der Waals surface area (Å²) in [5.41, 5.74) is 5.54. The van der Waals surface area contributed by atoms with E-state index in [1.165, 1.54) is 12.8 Å². The van der Waals surface area contributed by atoms with E-state index in [4.69, 9.17) is 15.2 Å². The van der Waals surface area contributed by atoms with Crippen LogP contribution in [0.1, 0.15) is 40.0 Å². The Morgan fingerprint density at radius 1 is 1.15 bits per heavy atom. The second-order valence-electron chi connectivity index (χ2n) is 3.46. The second-order valence-corrected chi connectivity index (χ2v) is 3.46. The molecule has 0 rings (SSSR count). The third kappa shape index (κ3) is 9.80. The van der Waals surface area contributed by atoms with Crippen LogP contribution in [-0.2, 0) is 9.47 Å². The van der Waals surface area contributed by atoms with Gasteiger partial charge in [0.25, 0.3) is 0 Å². The molecule has 0 aromatic carbocycles. The summed E-state index contributed by atoms with van der Waals surface area (Å²) in [5.74, 6) is 0. The Labute approximate surface area is 81.6 Å². The number of unbranched alkanes of at least 4 members (excludes halogenated alkanes) is 2. The zero-order valence-corrected chi connectivity index (χ0v) is 9.08. The molecular formula is C10H23NO2. The maximum atomic E-state index is 5.54. The molecule has 0 amide bonds. The van der Waals surface area contributed by atoms with E-state index in [0.717, 1.165) is 13.0 Å². The fourth-order valence-corrected chi connectivity index (χ4v) is 0.937. The van der Waals surface area contributed by atoms with Gasteiger partial charge in [-0.25, -0.2) is 0 Å². The van der Waals surface area contributed by atoms with E-state index < -0.39 is 0 Å². The summed E-state index contributed by atoms with van der Waals surface area (Å²) in [7, 11) is 0. The Kier molecular flexibility index (Phi) is 8.40. The summed E-state index contributed by atoms with van der Waals surface area (Å²) in [4.78, 5) is 0. The highest BCUT2D eigenvalue weighted by atomic mass is 16.7. The molecule has 0 aliphatic carbocycles. The van der Waals surface area contributed by atoms with Gasteiger partial charge in [-0.05, 0) is 20.3 Å². The molecule has 0 spiro atoms. The number of nitrogens with two attached hydrogens (primary N) is 1. The van der Waals surface area contributed by atoms with Crippen molar-refractivity contribution in [3.8, 4) is 0 Å². The molecular weight excluding hydrogens is 166 g/mol. The predicted octanol–water partition coefficient (Wildman–Crippen LogP) is 1.90. The standard InChI is InChI=1S/C10H23NO2/c1-4-5-6-7-12-10(3)13-8-9(2)11/h9-10H,4-8,11H2,1-3H3. The maximum Gasteiger partial charge on any atom is 0.154 e. The Balaban J connectivity index is 3.15. The van der Waals surface area contributed by atoms with Gasteiger partial charge < -0.3 is 15.2 Å². The van der Waals surface area contributed by atoms with E-state index in [0.29, 0.717) is 6.61 Å². The SMILES string of the molecule is CCCCCOC(C)OCC(C)N. The minimum Gasteiger partial charge on any atom is -0.353 e. The van der Waals surface area contributed by atoms with Gasteiger partial charge in [0.05, 0.1) is 6.61 Å². The molecule has 3 heteroatoms. The number of ether oxygens (including phenoxy) is 2. The summed E-state index contributed by atoms with van der Waals surface area (Å²) >= 11 is 0. The van der Waals surface area contributed by atoms with Crippen molar-refractivity contribution in [3.05, 3.63) is 0 Å². The van der Waals surface area contributed by atoms with Crippen molar-refractivity contribution in [1.82, 2.24) is 0 Å². The van der Waals surface area contributed by atoms with Gasteiger partial charge in [0.2, 0.25) is 0 Å². The molecule has 0 aromatic rings. The second kappa shape index (κ2) is 8.48. The van der Waals surface area contributed by atoms with Gasteiger partial charge in [0.1, 0.15) is 0 Å². The van der Waals surface area contributed by atoms with Crippen molar-refractivity contribution in [1.29, 1.82) is 0 Å². The van der Waals surface area contributed by atoms with Crippen molar-refractivity contribution >= 4 is 0 Å². The molecule has 0 aliphatic heterocycles. The summed E-state index contributed by atoms with van der Waals surface area (Å²) in [6.07, 6.45) is 3.43. The molecule has 0 saturated carbocycles. The summed E-state index contributed by atoms with van der Waals surface area (Å²) in [5, 5.41) is 0. The van der Waals surface area contributed by atoms with Crippen molar-refractivity contribution in [2.45, 2.75) is 52.4 Å². The van der Waals surface area contributed by atoms with Crippen LogP contribution in [0.25, 0.3) is 0 Å². The molecule has 80 valence electrons. The van der Waals surface area contributed by atoms with E-state index in [1.54, 1.807) is 0 Å². The van der Waals surface area contributed by atoms with Crippen LogP contribution in [0.15, 0.2) is 0 Å². The first kappa shape index (κ1) is 12.9. The van der Waals surface area contributed by atoms with E-state index in [9.17, 15) is 0 Å². The van der Waals surface area contributed by atoms with Gasteiger partial charge in [0.15, 0.2) is 6.29 Å². The fourth-order valence-electron chi connectivity index (χ4n) is 0.937. The van der Waals surface area contributed by atoms with Crippen LogP contribution < -0.4 is 5.73 Å². The topological polar surface area (TPSA) is 44.5 Å². The highest BCUT2D eigenvalue weighted by Gasteiger charge is 2.02. The first-order valence-electron chi connectivity index (χ1n) is 5.15. The van der Waals surface area contributed by atoms with Crippen molar-refractivity contribution in [2.75, 3.05) is 13.2 Å². The van der Waals surface area contributed by atoms with Gasteiger partial charge in [-0.3, -0.25) is 0 Å². The van der Waals surface area contributed by atoms with Crippen LogP contribution in [0.5, 0.6) is 0 Å². The minimum atomic E-state index is -0.122. The Morgan fingerprint density at radius 3 is 2.38 bits per heavy atom. The van der Waals surface area contributed by atoms with Crippen molar-refractivity contribution in [3.63, 3.8) is 0 Å². The third-order valence-electron chi connectivity index (χ3n) is 1.69. The van der Waals surface area contributed by atoms with Crippen LogP contribution in [0.4, 0.5) is 0 Å². The fraction of sp³-hybridized carbons (Fsp3) is 1.00. The molecule has 0 aliphatic rings. The molecule has 2 unspecified atom stereocenters. The molecule has 0 saturated heterocycles. The van der Waals surface area contributed by atoms with Gasteiger partial charge in [-0.1, -0.05) is 19.8 Å². The van der Waals surface area contributed by atoms with Gasteiger partial charge in [0, 0.05) is 12.6 Å². The Bertz CT molecular complexity index is 107. The lowest BCUT2D eigenvalue weighted by Crippen LogP contribution is -2.26. The van der Waals surface area contributed by atoms with E-state index >= 15 is 0 Å². The largest absolute Gasteiger partial charge is 0.353 e. The van der Waals surface area contributed by atoms with Crippen LogP contribution in [0, 0.1) is 0 Å². The Hall–Kier alpha value is -0.120. The first-order valence-corrected chi connectivity index (χ1v) is 5.15. The lowest BCUT2D eigenvalue weighted by Gasteiger charge is -2.15. The maximum absolute atomic E-state index is 5.54. The molecule has 0 radical (unpaired) electrons. The zero-order chi connectivity index (χ0) is 10.1. The van der Waals surface area contributed by atoms with Gasteiger partial charge >= 0.3 is 0 Å². The lowest BCUT2D eigenvalue weighted by atomic mass is 10.3. The van der Waals surface area contributed by atoms with Crippen LogP contribution >= 0.6 is 0 Å². The average molecular weight is 189 g/mol.